The fraction of sp³-hybridized carbons (Fsp3) is 0.769. The molecule has 0 radical (unpaired) electrons. The Bertz CT molecular complexity index is 884. The van der Waals surface area contributed by atoms with Gasteiger partial charge in [-0.25, -0.2) is 8.42 Å². The molecule has 3 aliphatic rings. The van der Waals surface area contributed by atoms with Crippen LogP contribution in [0.1, 0.15) is 76.2 Å². The Morgan fingerprint density at radius 3 is 2.76 bits per heavy atom. The zero-order chi connectivity index (χ0) is 23.4. The summed E-state index contributed by atoms with van der Waals surface area (Å²) in [5, 5.41) is 9.93. The van der Waals surface area contributed by atoms with Crippen LogP contribution in [-0.4, -0.2) is 63.6 Å². The minimum absolute atomic E-state index is 0.0343. The standard InChI is InChI=1S/C26H42N2O4S/c1-32-17-18-33(30,31)27-23-8-4-7-22(19-23)26-13-5-9-24(20-26)28(16-14-26)15-6-12-25(21-29)10-2-3-11-25/h4,7-8,19,24,27,29H,2-3,5-6,9-18,20-21H2,1H3. The van der Waals surface area contributed by atoms with Gasteiger partial charge >= 0.3 is 0 Å². The second-order valence-corrected chi connectivity index (χ2v) is 12.6. The second kappa shape index (κ2) is 10.6. The summed E-state index contributed by atoms with van der Waals surface area (Å²) in [4.78, 5) is 2.70. The first-order valence-corrected chi connectivity index (χ1v) is 14.5. The van der Waals surface area contributed by atoms with Gasteiger partial charge < -0.3 is 14.7 Å². The highest BCUT2D eigenvalue weighted by molar-refractivity contribution is 7.92. The molecule has 0 spiro atoms. The van der Waals surface area contributed by atoms with Crippen LogP contribution in [0.3, 0.4) is 0 Å². The van der Waals surface area contributed by atoms with Gasteiger partial charge in [-0.3, -0.25) is 4.72 Å². The molecule has 33 heavy (non-hydrogen) atoms. The van der Waals surface area contributed by atoms with Crippen LogP contribution in [0.4, 0.5) is 5.69 Å². The first kappa shape index (κ1) is 25.0. The molecule has 2 aliphatic carbocycles. The molecule has 7 heteroatoms. The Morgan fingerprint density at radius 1 is 1.18 bits per heavy atom. The molecule has 0 amide bonds. The molecule has 6 nitrogen and oxygen atoms in total. The van der Waals surface area contributed by atoms with Crippen molar-refractivity contribution in [3.05, 3.63) is 29.8 Å². The molecule has 4 rings (SSSR count). The number of benzene rings is 1. The van der Waals surface area contributed by atoms with E-state index in [9.17, 15) is 13.5 Å². The molecular weight excluding hydrogens is 436 g/mol. The molecule has 0 aromatic heterocycles. The Kier molecular flexibility index (Phi) is 8.04. The van der Waals surface area contributed by atoms with Crippen molar-refractivity contribution in [2.75, 3.05) is 43.9 Å². The number of methoxy groups -OCH3 is 1. The predicted molar refractivity (Wildman–Crippen MR) is 133 cm³/mol. The quantitative estimate of drug-likeness (QED) is 0.496. The van der Waals surface area contributed by atoms with E-state index in [-0.39, 0.29) is 23.2 Å². The monoisotopic (exact) mass is 478 g/mol. The third kappa shape index (κ3) is 5.92. The molecule has 2 unspecified atom stereocenters. The van der Waals surface area contributed by atoms with Crippen molar-refractivity contribution in [1.82, 2.24) is 4.90 Å². The van der Waals surface area contributed by atoms with Crippen LogP contribution in [0, 0.1) is 5.41 Å². The molecule has 3 fully saturated rings. The van der Waals surface area contributed by atoms with Gasteiger partial charge in [-0.15, -0.1) is 0 Å². The third-order valence-corrected chi connectivity index (χ3v) is 9.92. The van der Waals surface area contributed by atoms with Crippen LogP contribution in [0.5, 0.6) is 0 Å². The molecule has 2 bridgehead atoms. The number of likely N-dealkylation sites (tertiary alicyclic amines) is 1. The lowest BCUT2D eigenvalue weighted by molar-refractivity contribution is 0.0441. The molecule has 1 aromatic carbocycles. The summed E-state index contributed by atoms with van der Waals surface area (Å²) in [6.45, 7) is 2.80. The first-order chi connectivity index (χ1) is 15.9. The number of hydrogen-bond donors (Lipinski definition) is 2. The Hall–Kier alpha value is -1.15. The predicted octanol–water partition coefficient (Wildman–Crippen LogP) is 4.29. The Labute approximate surface area is 200 Å². The van der Waals surface area contributed by atoms with E-state index in [1.165, 1.54) is 64.0 Å². The van der Waals surface area contributed by atoms with Gasteiger partial charge in [0.2, 0.25) is 10.0 Å². The highest BCUT2D eigenvalue weighted by Crippen LogP contribution is 2.48. The number of sulfonamides is 1. The number of piperidine rings is 1. The zero-order valence-corrected chi connectivity index (χ0v) is 21.0. The number of nitrogens with one attached hydrogen (secondary N) is 1. The zero-order valence-electron chi connectivity index (χ0n) is 20.2. The molecule has 1 aliphatic heterocycles. The van der Waals surface area contributed by atoms with Crippen LogP contribution < -0.4 is 4.72 Å². The summed E-state index contributed by atoms with van der Waals surface area (Å²) >= 11 is 0. The summed E-state index contributed by atoms with van der Waals surface area (Å²) in [6.07, 6.45) is 13.3. The summed E-state index contributed by atoms with van der Waals surface area (Å²) in [5.74, 6) is -0.0343. The molecule has 2 saturated carbocycles. The Balaban J connectivity index is 1.38. The van der Waals surface area contributed by atoms with Crippen molar-refractivity contribution in [1.29, 1.82) is 0 Å². The minimum Gasteiger partial charge on any atom is -0.396 e. The van der Waals surface area contributed by atoms with Crippen molar-refractivity contribution in [2.24, 2.45) is 5.41 Å². The molecule has 2 N–H and O–H groups in total. The third-order valence-electron chi connectivity index (χ3n) is 8.67. The topological polar surface area (TPSA) is 78.9 Å². The number of rotatable bonds is 11. The van der Waals surface area contributed by atoms with Crippen LogP contribution in [0.25, 0.3) is 0 Å². The van der Waals surface area contributed by atoms with Crippen molar-refractivity contribution in [3.8, 4) is 0 Å². The summed E-state index contributed by atoms with van der Waals surface area (Å²) in [6, 6.07) is 8.71. The van der Waals surface area contributed by atoms with E-state index in [4.69, 9.17) is 4.74 Å². The van der Waals surface area contributed by atoms with E-state index in [1.807, 2.05) is 12.1 Å². The van der Waals surface area contributed by atoms with E-state index >= 15 is 0 Å². The average molecular weight is 479 g/mol. The second-order valence-electron chi connectivity index (χ2n) is 10.8. The highest BCUT2D eigenvalue weighted by atomic mass is 32.2. The van der Waals surface area contributed by atoms with E-state index in [1.54, 1.807) is 0 Å². The van der Waals surface area contributed by atoms with Crippen molar-refractivity contribution < 1.29 is 18.3 Å². The largest absolute Gasteiger partial charge is 0.396 e. The summed E-state index contributed by atoms with van der Waals surface area (Å²) < 4.78 is 32.3. The van der Waals surface area contributed by atoms with E-state index in [0.29, 0.717) is 18.3 Å². The number of fused-ring (bicyclic) bond motifs is 2. The number of nitrogens with zero attached hydrogens (tertiary/aromatic N) is 1. The number of ether oxygens (including phenoxy) is 1. The summed E-state index contributed by atoms with van der Waals surface area (Å²) in [5.41, 5.74) is 2.30. The minimum atomic E-state index is -3.40. The number of hydrogen-bond acceptors (Lipinski definition) is 5. The van der Waals surface area contributed by atoms with Gasteiger partial charge in [-0.2, -0.15) is 0 Å². The van der Waals surface area contributed by atoms with Crippen LogP contribution in [0.15, 0.2) is 24.3 Å². The number of aliphatic hydroxyl groups excluding tert-OH is 1. The number of aliphatic hydroxyl groups is 1. The van der Waals surface area contributed by atoms with Crippen molar-refractivity contribution >= 4 is 15.7 Å². The first-order valence-electron chi connectivity index (χ1n) is 12.8. The van der Waals surface area contributed by atoms with Crippen molar-refractivity contribution in [2.45, 2.75) is 82.1 Å². The van der Waals surface area contributed by atoms with Crippen LogP contribution in [0.2, 0.25) is 0 Å². The van der Waals surface area contributed by atoms with Crippen LogP contribution in [-0.2, 0) is 20.2 Å². The van der Waals surface area contributed by atoms with Gasteiger partial charge in [-0.05, 0) is 93.0 Å². The maximum Gasteiger partial charge on any atom is 0.234 e. The van der Waals surface area contributed by atoms with Gasteiger partial charge in [0.15, 0.2) is 0 Å². The molecule has 186 valence electrons. The lowest BCUT2D eigenvalue weighted by Crippen LogP contribution is -2.52. The SMILES string of the molecule is COCCS(=O)(=O)Nc1cccc(C23CCCC(C2)N(CCCC2(CO)CCCC2)CC3)c1. The van der Waals surface area contributed by atoms with Gasteiger partial charge in [0.05, 0.1) is 12.4 Å². The van der Waals surface area contributed by atoms with E-state index in [0.717, 1.165) is 32.4 Å². The van der Waals surface area contributed by atoms with E-state index in [2.05, 4.69) is 21.8 Å². The fourth-order valence-corrected chi connectivity index (χ4v) is 7.69. The maximum atomic E-state index is 12.3. The lowest BCUT2D eigenvalue weighted by Gasteiger charge is -2.51. The van der Waals surface area contributed by atoms with E-state index < -0.39 is 10.0 Å². The van der Waals surface area contributed by atoms with Gasteiger partial charge in [0, 0.05) is 25.4 Å². The van der Waals surface area contributed by atoms with Gasteiger partial charge in [-0.1, -0.05) is 31.4 Å². The van der Waals surface area contributed by atoms with Crippen molar-refractivity contribution in [3.63, 3.8) is 0 Å². The summed E-state index contributed by atoms with van der Waals surface area (Å²) in [7, 11) is -1.89. The molecule has 1 heterocycles. The maximum absolute atomic E-state index is 12.3. The van der Waals surface area contributed by atoms with Gasteiger partial charge in [0.1, 0.15) is 0 Å². The normalized spacial score (nSPS) is 27.5. The Morgan fingerprint density at radius 2 is 2.00 bits per heavy atom. The van der Waals surface area contributed by atoms with Gasteiger partial charge in [0.25, 0.3) is 0 Å². The average Bonchev–Trinajstić information content (AvgIpc) is 3.29. The fourth-order valence-electron chi connectivity index (χ4n) is 6.72. The lowest BCUT2D eigenvalue weighted by atomic mass is 9.63. The number of anilines is 1. The molecule has 2 atom stereocenters. The smallest absolute Gasteiger partial charge is 0.234 e. The molecule has 1 aromatic rings. The van der Waals surface area contributed by atoms with Crippen LogP contribution >= 0.6 is 0 Å². The molecule has 1 saturated heterocycles. The highest BCUT2D eigenvalue weighted by Gasteiger charge is 2.43. The molecular formula is C26H42N2O4S.